The van der Waals surface area contributed by atoms with Gasteiger partial charge in [-0.05, 0) is 43.4 Å². The predicted octanol–water partition coefficient (Wildman–Crippen LogP) is 2.07. The van der Waals surface area contributed by atoms with Gasteiger partial charge in [-0.15, -0.1) is 0 Å². The maximum absolute atomic E-state index is 11.7. The Morgan fingerprint density at radius 1 is 1.53 bits per heavy atom. The van der Waals surface area contributed by atoms with Crippen LogP contribution in [0.5, 0.6) is 0 Å². The summed E-state index contributed by atoms with van der Waals surface area (Å²) in [6.07, 6.45) is 2.45. The van der Waals surface area contributed by atoms with E-state index < -0.39 is 0 Å². The molecule has 0 heterocycles. The molecule has 1 unspecified atom stereocenters. The lowest BCUT2D eigenvalue weighted by Gasteiger charge is -2.14. The summed E-state index contributed by atoms with van der Waals surface area (Å²) in [5.74, 6) is 0.663. The Bertz CT molecular complexity index is 401. The minimum atomic E-state index is -0.140. The Balaban J connectivity index is 1.88. The van der Waals surface area contributed by atoms with Crippen molar-refractivity contribution in [2.24, 2.45) is 11.7 Å². The number of hydrogen-bond acceptors (Lipinski definition) is 2. The Hall–Kier alpha value is -1.55. The van der Waals surface area contributed by atoms with Crippen molar-refractivity contribution in [3.63, 3.8) is 0 Å². The van der Waals surface area contributed by atoms with Gasteiger partial charge in [0, 0.05) is 18.3 Å². The zero-order chi connectivity index (χ0) is 12.3. The largest absolute Gasteiger partial charge is 0.335 e. The van der Waals surface area contributed by atoms with Crippen LogP contribution in [0.25, 0.3) is 0 Å². The quantitative estimate of drug-likeness (QED) is 0.745. The Morgan fingerprint density at radius 2 is 2.29 bits per heavy atom. The van der Waals surface area contributed by atoms with Gasteiger partial charge >= 0.3 is 6.03 Å². The fourth-order valence-electron chi connectivity index (χ4n) is 1.86. The van der Waals surface area contributed by atoms with E-state index in [0.29, 0.717) is 12.5 Å². The van der Waals surface area contributed by atoms with E-state index in [1.165, 1.54) is 12.8 Å². The summed E-state index contributed by atoms with van der Waals surface area (Å²) in [6, 6.07) is 7.70. The molecule has 1 saturated carbocycles. The second-order valence-electron chi connectivity index (χ2n) is 4.63. The van der Waals surface area contributed by atoms with Crippen LogP contribution >= 0.6 is 0 Å². The smallest absolute Gasteiger partial charge is 0.319 e. The van der Waals surface area contributed by atoms with Gasteiger partial charge in [-0.1, -0.05) is 12.1 Å². The number of carbonyl (C=O) groups is 1. The third-order valence-corrected chi connectivity index (χ3v) is 3.11. The molecule has 4 nitrogen and oxygen atoms in total. The van der Waals surface area contributed by atoms with Crippen molar-refractivity contribution in [1.29, 1.82) is 0 Å². The number of hydrogen-bond donors (Lipinski definition) is 3. The number of nitrogens with one attached hydrogen (secondary N) is 2. The van der Waals surface area contributed by atoms with Crippen molar-refractivity contribution >= 4 is 11.7 Å². The molecule has 1 fully saturated rings. The zero-order valence-corrected chi connectivity index (χ0v) is 10.1. The van der Waals surface area contributed by atoms with Crippen LogP contribution in [-0.4, -0.2) is 12.1 Å². The van der Waals surface area contributed by atoms with Gasteiger partial charge in [0.15, 0.2) is 0 Å². The number of rotatable bonds is 4. The fraction of sp³-hybridized carbons (Fsp3) is 0.462. The summed E-state index contributed by atoms with van der Waals surface area (Å²) >= 11 is 0. The maximum Gasteiger partial charge on any atom is 0.319 e. The van der Waals surface area contributed by atoms with Gasteiger partial charge in [0.2, 0.25) is 0 Å². The Morgan fingerprint density at radius 3 is 2.94 bits per heavy atom. The van der Waals surface area contributed by atoms with Gasteiger partial charge in [-0.3, -0.25) is 0 Å². The highest BCUT2D eigenvalue weighted by Crippen LogP contribution is 2.32. The van der Waals surface area contributed by atoms with Gasteiger partial charge in [0.25, 0.3) is 0 Å². The number of amides is 2. The van der Waals surface area contributed by atoms with E-state index in [1.54, 1.807) is 0 Å². The topological polar surface area (TPSA) is 67.2 Å². The first kappa shape index (κ1) is 11.9. The molecule has 4 heteroatoms. The molecule has 2 rings (SSSR count). The molecule has 0 bridgehead atoms. The molecule has 2 amide bonds. The molecule has 0 aliphatic heterocycles. The molecule has 92 valence electrons. The molecule has 1 aromatic rings. The van der Waals surface area contributed by atoms with E-state index in [9.17, 15) is 4.79 Å². The van der Waals surface area contributed by atoms with E-state index in [2.05, 4.69) is 10.6 Å². The van der Waals surface area contributed by atoms with Crippen LogP contribution in [-0.2, 0) is 6.54 Å². The van der Waals surface area contributed by atoms with E-state index in [-0.39, 0.29) is 12.1 Å². The molecule has 1 aliphatic carbocycles. The molecule has 4 N–H and O–H groups in total. The zero-order valence-electron chi connectivity index (χ0n) is 10.1. The SMILES string of the molecule is CC(NC(=O)Nc1cccc(CN)c1)C1CC1. The lowest BCUT2D eigenvalue weighted by Crippen LogP contribution is -2.37. The highest BCUT2D eigenvalue weighted by molar-refractivity contribution is 5.89. The minimum absolute atomic E-state index is 0.140. The molecule has 0 aromatic heterocycles. The van der Waals surface area contributed by atoms with Gasteiger partial charge in [-0.2, -0.15) is 0 Å². The van der Waals surface area contributed by atoms with Gasteiger partial charge in [0.1, 0.15) is 0 Å². The van der Waals surface area contributed by atoms with Crippen LogP contribution < -0.4 is 16.4 Å². The lowest BCUT2D eigenvalue weighted by molar-refractivity contribution is 0.248. The average Bonchev–Trinajstić information content (AvgIpc) is 3.12. The Kier molecular flexibility index (Phi) is 3.64. The van der Waals surface area contributed by atoms with Crippen molar-refractivity contribution in [3.8, 4) is 0 Å². The van der Waals surface area contributed by atoms with E-state index in [1.807, 2.05) is 31.2 Å². The monoisotopic (exact) mass is 233 g/mol. The molecule has 1 aliphatic rings. The standard InChI is InChI=1S/C13H19N3O/c1-9(11-5-6-11)15-13(17)16-12-4-2-3-10(7-12)8-14/h2-4,7,9,11H,5-6,8,14H2,1H3,(H2,15,16,17). The van der Waals surface area contributed by atoms with Crippen LogP contribution in [0, 0.1) is 5.92 Å². The first-order chi connectivity index (χ1) is 8.19. The van der Waals surface area contributed by atoms with Gasteiger partial charge < -0.3 is 16.4 Å². The lowest BCUT2D eigenvalue weighted by atomic mass is 10.2. The molecule has 0 spiro atoms. The fourth-order valence-corrected chi connectivity index (χ4v) is 1.86. The number of nitrogens with two attached hydrogens (primary N) is 1. The summed E-state index contributed by atoms with van der Waals surface area (Å²) < 4.78 is 0. The second-order valence-corrected chi connectivity index (χ2v) is 4.63. The molecule has 0 saturated heterocycles. The summed E-state index contributed by atoms with van der Waals surface area (Å²) in [7, 11) is 0. The van der Waals surface area contributed by atoms with Crippen LogP contribution in [0.4, 0.5) is 10.5 Å². The molecular weight excluding hydrogens is 214 g/mol. The minimum Gasteiger partial charge on any atom is -0.335 e. The second kappa shape index (κ2) is 5.19. The first-order valence-electron chi connectivity index (χ1n) is 6.05. The van der Waals surface area contributed by atoms with Crippen LogP contribution in [0.1, 0.15) is 25.3 Å². The third kappa shape index (κ3) is 3.46. The van der Waals surface area contributed by atoms with Crippen LogP contribution in [0.2, 0.25) is 0 Å². The molecule has 0 radical (unpaired) electrons. The predicted molar refractivity (Wildman–Crippen MR) is 68.7 cm³/mol. The highest BCUT2D eigenvalue weighted by Gasteiger charge is 2.28. The van der Waals surface area contributed by atoms with Crippen molar-refractivity contribution in [2.45, 2.75) is 32.4 Å². The Labute approximate surface area is 102 Å². The normalized spacial score (nSPS) is 16.4. The van der Waals surface area contributed by atoms with Gasteiger partial charge in [-0.25, -0.2) is 4.79 Å². The number of anilines is 1. The summed E-state index contributed by atoms with van der Waals surface area (Å²) in [5.41, 5.74) is 7.35. The van der Waals surface area contributed by atoms with E-state index >= 15 is 0 Å². The number of benzene rings is 1. The third-order valence-electron chi connectivity index (χ3n) is 3.11. The highest BCUT2D eigenvalue weighted by atomic mass is 16.2. The van der Waals surface area contributed by atoms with Gasteiger partial charge in [0.05, 0.1) is 0 Å². The van der Waals surface area contributed by atoms with E-state index in [4.69, 9.17) is 5.73 Å². The molecule has 1 aromatic carbocycles. The number of urea groups is 1. The summed E-state index contributed by atoms with van der Waals surface area (Å²) in [6.45, 7) is 2.53. The van der Waals surface area contributed by atoms with Crippen molar-refractivity contribution in [2.75, 3.05) is 5.32 Å². The average molecular weight is 233 g/mol. The summed E-state index contributed by atoms with van der Waals surface area (Å²) in [4.78, 5) is 11.7. The molecular formula is C13H19N3O. The van der Waals surface area contributed by atoms with Crippen molar-refractivity contribution in [1.82, 2.24) is 5.32 Å². The van der Waals surface area contributed by atoms with Crippen molar-refractivity contribution in [3.05, 3.63) is 29.8 Å². The number of carbonyl (C=O) groups excluding carboxylic acids is 1. The van der Waals surface area contributed by atoms with Crippen LogP contribution in [0.3, 0.4) is 0 Å². The summed E-state index contributed by atoms with van der Waals surface area (Å²) in [5, 5.41) is 5.77. The van der Waals surface area contributed by atoms with Crippen LogP contribution in [0.15, 0.2) is 24.3 Å². The maximum atomic E-state index is 11.7. The van der Waals surface area contributed by atoms with E-state index in [0.717, 1.165) is 11.3 Å². The van der Waals surface area contributed by atoms with Crippen molar-refractivity contribution < 1.29 is 4.79 Å². The molecule has 1 atom stereocenters. The first-order valence-corrected chi connectivity index (χ1v) is 6.05. The molecule has 17 heavy (non-hydrogen) atoms.